The van der Waals surface area contributed by atoms with E-state index in [1.165, 1.54) is 12.1 Å². The maximum absolute atomic E-state index is 12.1. The van der Waals surface area contributed by atoms with Crippen molar-refractivity contribution in [3.63, 3.8) is 0 Å². The van der Waals surface area contributed by atoms with Gasteiger partial charge in [-0.2, -0.15) is 0 Å². The fourth-order valence-electron chi connectivity index (χ4n) is 1.75. The Kier molecular flexibility index (Phi) is 5.22. The zero-order valence-electron chi connectivity index (χ0n) is 11.3. The van der Waals surface area contributed by atoms with Crippen LogP contribution >= 0.6 is 11.6 Å². The average Bonchev–Trinajstić information content (AvgIpc) is 2.48. The molecule has 2 rings (SSSR count). The molecule has 0 aliphatic rings. The highest BCUT2D eigenvalue weighted by molar-refractivity contribution is 7.91. The first kappa shape index (κ1) is 15.8. The number of hydrogen-bond donors (Lipinski definition) is 1. The van der Waals surface area contributed by atoms with Crippen LogP contribution in [0.25, 0.3) is 0 Å². The van der Waals surface area contributed by atoms with Crippen LogP contribution in [0.4, 0.5) is 0 Å². The first-order valence-electron chi connectivity index (χ1n) is 6.41. The number of hydrogen-bond acceptors (Lipinski definition) is 4. The largest absolute Gasteiger partial charge is 0.493 e. The van der Waals surface area contributed by atoms with E-state index in [-0.39, 0.29) is 17.3 Å². The molecule has 2 aromatic rings. The SMILES string of the molecule is NCc1ccc(OCCS(=O)(=O)c2ccc(Cl)cc2)cc1. The van der Waals surface area contributed by atoms with Gasteiger partial charge in [-0.05, 0) is 42.0 Å². The molecule has 0 aliphatic heterocycles. The molecule has 2 aromatic carbocycles. The van der Waals surface area contributed by atoms with E-state index in [1.54, 1.807) is 24.3 Å². The Labute approximate surface area is 129 Å². The third-order valence-corrected chi connectivity index (χ3v) is 4.90. The van der Waals surface area contributed by atoms with Crippen LogP contribution in [0.3, 0.4) is 0 Å². The van der Waals surface area contributed by atoms with Crippen molar-refractivity contribution >= 4 is 21.4 Å². The average molecular weight is 326 g/mol. The van der Waals surface area contributed by atoms with Gasteiger partial charge in [-0.3, -0.25) is 0 Å². The van der Waals surface area contributed by atoms with Crippen LogP contribution in [0.5, 0.6) is 5.75 Å². The lowest BCUT2D eigenvalue weighted by molar-refractivity contribution is 0.341. The lowest BCUT2D eigenvalue weighted by Gasteiger charge is -2.08. The van der Waals surface area contributed by atoms with Gasteiger partial charge in [0.05, 0.1) is 10.6 Å². The minimum Gasteiger partial charge on any atom is -0.493 e. The molecule has 0 amide bonds. The van der Waals surface area contributed by atoms with Crippen molar-refractivity contribution in [1.82, 2.24) is 0 Å². The Balaban J connectivity index is 1.93. The quantitative estimate of drug-likeness (QED) is 0.886. The summed E-state index contributed by atoms with van der Waals surface area (Å²) < 4.78 is 29.6. The summed E-state index contributed by atoms with van der Waals surface area (Å²) in [5.41, 5.74) is 6.50. The molecule has 0 radical (unpaired) electrons. The normalized spacial score (nSPS) is 11.3. The van der Waals surface area contributed by atoms with Crippen molar-refractivity contribution in [3.8, 4) is 5.75 Å². The van der Waals surface area contributed by atoms with E-state index < -0.39 is 9.84 Å². The Morgan fingerprint density at radius 3 is 2.19 bits per heavy atom. The van der Waals surface area contributed by atoms with Crippen LogP contribution in [-0.4, -0.2) is 20.8 Å². The predicted molar refractivity (Wildman–Crippen MR) is 83.3 cm³/mol. The molecule has 0 bridgehead atoms. The standard InChI is InChI=1S/C15H16ClNO3S/c16-13-3-7-15(8-4-13)21(18,19)10-9-20-14-5-1-12(11-17)2-6-14/h1-8H,9-11,17H2. The predicted octanol–water partition coefficient (Wildman–Crippen LogP) is 2.65. The summed E-state index contributed by atoms with van der Waals surface area (Å²) in [4.78, 5) is 0.244. The van der Waals surface area contributed by atoms with Gasteiger partial charge in [-0.25, -0.2) is 8.42 Å². The molecule has 0 fully saturated rings. The molecule has 21 heavy (non-hydrogen) atoms. The fraction of sp³-hybridized carbons (Fsp3) is 0.200. The molecule has 112 valence electrons. The second-order valence-corrected chi connectivity index (χ2v) is 7.01. The van der Waals surface area contributed by atoms with Gasteiger partial charge >= 0.3 is 0 Å². The lowest BCUT2D eigenvalue weighted by atomic mass is 10.2. The number of benzene rings is 2. The van der Waals surface area contributed by atoms with E-state index in [2.05, 4.69) is 0 Å². The van der Waals surface area contributed by atoms with Gasteiger partial charge in [0.25, 0.3) is 0 Å². The summed E-state index contributed by atoms with van der Waals surface area (Å²) in [6, 6.07) is 13.4. The van der Waals surface area contributed by atoms with E-state index in [1.807, 2.05) is 12.1 Å². The summed E-state index contributed by atoms with van der Waals surface area (Å²) >= 11 is 5.74. The van der Waals surface area contributed by atoms with Crippen LogP contribution in [0.2, 0.25) is 5.02 Å². The van der Waals surface area contributed by atoms with Crippen LogP contribution in [0.15, 0.2) is 53.4 Å². The third kappa shape index (κ3) is 4.46. The van der Waals surface area contributed by atoms with Crippen LogP contribution in [0, 0.1) is 0 Å². The first-order valence-corrected chi connectivity index (χ1v) is 8.44. The number of halogens is 1. The number of sulfone groups is 1. The molecule has 0 unspecified atom stereocenters. The number of ether oxygens (including phenoxy) is 1. The molecule has 2 N–H and O–H groups in total. The monoisotopic (exact) mass is 325 g/mol. The maximum Gasteiger partial charge on any atom is 0.181 e. The van der Waals surface area contributed by atoms with Gasteiger partial charge in [0.2, 0.25) is 0 Å². The Morgan fingerprint density at radius 2 is 1.62 bits per heavy atom. The smallest absolute Gasteiger partial charge is 0.181 e. The van der Waals surface area contributed by atoms with E-state index in [0.717, 1.165) is 5.56 Å². The van der Waals surface area contributed by atoms with Crippen molar-refractivity contribution in [2.45, 2.75) is 11.4 Å². The zero-order valence-corrected chi connectivity index (χ0v) is 12.9. The highest BCUT2D eigenvalue weighted by Crippen LogP contribution is 2.16. The molecular formula is C15H16ClNO3S. The van der Waals surface area contributed by atoms with Gasteiger partial charge in [0, 0.05) is 11.6 Å². The summed E-state index contributed by atoms with van der Waals surface area (Å²) in [6.07, 6.45) is 0. The Bertz CT molecular complexity index is 682. The van der Waals surface area contributed by atoms with Gasteiger partial charge < -0.3 is 10.5 Å². The van der Waals surface area contributed by atoms with Crippen molar-refractivity contribution in [3.05, 3.63) is 59.1 Å². The molecule has 0 heterocycles. The molecule has 0 aromatic heterocycles. The Morgan fingerprint density at radius 1 is 1.00 bits per heavy atom. The molecule has 4 nitrogen and oxygen atoms in total. The zero-order chi connectivity index (χ0) is 15.3. The summed E-state index contributed by atoms with van der Waals surface area (Å²) in [6.45, 7) is 0.554. The maximum atomic E-state index is 12.1. The third-order valence-electron chi connectivity index (χ3n) is 2.95. The van der Waals surface area contributed by atoms with Crippen molar-refractivity contribution in [1.29, 1.82) is 0 Å². The fourth-order valence-corrected chi connectivity index (χ4v) is 2.97. The summed E-state index contributed by atoms with van der Waals surface area (Å²) in [5.74, 6) is 0.534. The second kappa shape index (κ2) is 6.93. The highest BCUT2D eigenvalue weighted by atomic mass is 35.5. The Hall–Kier alpha value is -1.56. The molecule has 0 atom stereocenters. The summed E-state index contributed by atoms with van der Waals surface area (Å²) in [5, 5.41) is 0.505. The van der Waals surface area contributed by atoms with Gasteiger partial charge in [0.1, 0.15) is 12.4 Å². The van der Waals surface area contributed by atoms with E-state index in [9.17, 15) is 8.42 Å². The molecule has 0 saturated carbocycles. The highest BCUT2D eigenvalue weighted by Gasteiger charge is 2.14. The minimum atomic E-state index is -3.36. The van der Waals surface area contributed by atoms with Crippen LogP contribution in [-0.2, 0) is 16.4 Å². The number of nitrogens with two attached hydrogens (primary N) is 1. The molecule has 0 spiro atoms. The molecule has 0 aliphatic carbocycles. The van der Waals surface area contributed by atoms with Gasteiger partial charge in [0.15, 0.2) is 9.84 Å². The van der Waals surface area contributed by atoms with Crippen LogP contribution in [0.1, 0.15) is 5.56 Å². The first-order chi connectivity index (χ1) is 10.0. The minimum absolute atomic E-state index is 0.0900. The van der Waals surface area contributed by atoms with E-state index >= 15 is 0 Å². The number of rotatable bonds is 6. The van der Waals surface area contributed by atoms with E-state index in [0.29, 0.717) is 17.3 Å². The molecule has 0 saturated heterocycles. The van der Waals surface area contributed by atoms with Crippen molar-refractivity contribution in [2.24, 2.45) is 5.73 Å². The van der Waals surface area contributed by atoms with E-state index in [4.69, 9.17) is 22.1 Å². The van der Waals surface area contributed by atoms with Crippen molar-refractivity contribution in [2.75, 3.05) is 12.4 Å². The van der Waals surface area contributed by atoms with Crippen molar-refractivity contribution < 1.29 is 13.2 Å². The van der Waals surface area contributed by atoms with Crippen LogP contribution < -0.4 is 10.5 Å². The topological polar surface area (TPSA) is 69.4 Å². The lowest BCUT2D eigenvalue weighted by Crippen LogP contribution is -2.14. The van der Waals surface area contributed by atoms with Gasteiger partial charge in [-0.1, -0.05) is 23.7 Å². The second-order valence-electron chi connectivity index (χ2n) is 4.47. The van der Waals surface area contributed by atoms with Gasteiger partial charge in [-0.15, -0.1) is 0 Å². The molecule has 6 heteroatoms. The molecular weight excluding hydrogens is 310 g/mol. The summed E-state index contributed by atoms with van der Waals surface area (Å²) in [7, 11) is -3.36.